The summed E-state index contributed by atoms with van der Waals surface area (Å²) in [6.45, 7) is 6.19. The Labute approximate surface area is 188 Å². The topological polar surface area (TPSA) is 43.9 Å². The molecule has 2 aromatic carbocycles. The number of piperazine rings is 1. The first-order chi connectivity index (χ1) is 15.0. The molecule has 2 amide bonds. The monoisotopic (exact) mass is 437 g/mol. The van der Waals surface area contributed by atoms with Crippen LogP contribution in [0.15, 0.2) is 42.5 Å². The Morgan fingerprint density at radius 1 is 0.935 bits per heavy atom. The Hall–Kier alpha value is -2.53. The van der Waals surface area contributed by atoms with Gasteiger partial charge in [0.25, 0.3) is 0 Å². The van der Waals surface area contributed by atoms with E-state index in [2.05, 4.69) is 36.1 Å². The second kappa shape index (κ2) is 8.19. The number of amides is 2. The predicted molar refractivity (Wildman–Crippen MR) is 122 cm³/mol. The van der Waals surface area contributed by atoms with Gasteiger partial charge in [0, 0.05) is 55.9 Å². The first-order valence-corrected chi connectivity index (χ1v) is 11.6. The lowest BCUT2D eigenvalue weighted by Gasteiger charge is -2.40. The van der Waals surface area contributed by atoms with Crippen molar-refractivity contribution in [2.45, 2.75) is 32.2 Å². The molecule has 3 aliphatic rings. The summed E-state index contributed by atoms with van der Waals surface area (Å²) < 4.78 is 0. The highest BCUT2D eigenvalue weighted by molar-refractivity contribution is 6.30. The molecule has 1 saturated carbocycles. The van der Waals surface area contributed by atoms with Crippen molar-refractivity contribution in [3.05, 3.63) is 64.2 Å². The van der Waals surface area contributed by atoms with E-state index in [4.69, 9.17) is 11.6 Å². The Bertz CT molecular complexity index is 1010. The summed E-state index contributed by atoms with van der Waals surface area (Å²) in [6, 6.07) is 14.1. The Morgan fingerprint density at radius 2 is 1.68 bits per heavy atom. The minimum absolute atomic E-state index is 0.126. The van der Waals surface area contributed by atoms with Gasteiger partial charge >= 0.3 is 0 Å². The van der Waals surface area contributed by atoms with Gasteiger partial charge in [-0.3, -0.25) is 9.59 Å². The van der Waals surface area contributed by atoms with E-state index in [1.807, 2.05) is 28.0 Å². The Morgan fingerprint density at radius 3 is 2.39 bits per heavy atom. The maximum absolute atomic E-state index is 13.6. The fourth-order valence-electron chi connectivity index (χ4n) is 4.91. The van der Waals surface area contributed by atoms with E-state index in [1.54, 1.807) is 0 Å². The Balaban J connectivity index is 1.33. The summed E-state index contributed by atoms with van der Waals surface area (Å²) in [5.41, 5.74) is 4.53. The molecule has 5 rings (SSSR count). The van der Waals surface area contributed by atoms with E-state index < -0.39 is 0 Å². The molecule has 1 saturated heterocycles. The minimum atomic E-state index is -0.311. The standard InChI is InChI=1S/C25H28ClN3O2/c1-17-4-2-3-5-23(17)27-10-12-28(13-11-27)25(31)22-16-29(24(30)18-6-7-18)15-19-14-20(26)8-9-21(19)22/h2-5,8-9,14,18,22H,6-7,10-13,15-16H2,1H3. The van der Waals surface area contributed by atoms with Crippen LogP contribution in [0.2, 0.25) is 5.02 Å². The summed E-state index contributed by atoms with van der Waals surface area (Å²) >= 11 is 6.24. The van der Waals surface area contributed by atoms with Crippen molar-refractivity contribution in [3.8, 4) is 0 Å². The van der Waals surface area contributed by atoms with Crippen LogP contribution in [-0.2, 0) is 16.1 Å². The molecule has 1 atom stereocenters. The third-order valence-corrected chi connectivity index (χ3v) is 7.06. The Kier molecular flexibility index (Phi) is 5.39. The number of nitrogens with zero attached hydrogens (tertiary/aromatic N) is 3. The molecular formula is C25H28ClN3O2. The van der Waals surface area contributed by atoms with Gasteiger partial charge in [-0.1, -0.05) is 35.9 Å². The van der Waals surface area contributed by atoms with Crippen LogP contribution in [0.3, 0.4) is 0 Å². The van der Waals surface area contributed by atoms with Gasteiger partial charge in [0.15, 0.2) is 0 Å². The zero-order valence-corrected chi connectivity index (χ0v) is 18.6. The van der Waals surface area contributed by atoms with Gasteiger partial charge in [0.2, 0.25) is 11.8 Å². The maximum atomic E-state index is 13.6. The van der Waals surface area contributed by atoms with Crippen molar-refractivity contribution >= 4 is 29.1 Å². The van der Waals surface area contributed by atoms with Crippen molar-refractivity contribution in [1.82, 2.24) is 9.80 Å². The molecule has 31 heavy (non-hydrogen) atoms. The number of aryl methyl sites for hydroxylation is 1. The van der Waals surface area contributed by atoms with Gasteiger partial charge in [-0.25, -0.2) is 0 Å². The van der Waals surface area contributed by atoms with E-state index in [-0.39, 0.29) is 23.7 Å². The van der Waals surface area contributed by atoms with Crippen LogP contribution in [0, 0.1) is 12.8 Å². The first-order valence-electron chi connectivity index (χ1n) is 11.2. The molecule has 0 radical (unpaired) electrons. The van der Waals surface area contributed by atoms with Crippen molar-refractivity contribution in [3.63, 3.8) is 0 Å². The number of hydrogen-bond donors (Lipinski definition) is 0. The average Bonchev–Trinajstić information content (AvgIpc) is 3.63. The smallest absolute Gasteiger partial charge is 0.232 e. The lowest BCUT2D eigenvalue weighted by molar-refractivity contribution is -0.138. The number of carbonyl (C=O) groups excluding carboxylic acids is 2. The molecule has 5 nitrogen and oxygen atoms in total. The maximum Gasteiger partial charge on any atom is 0.232 e. The molecule has 0 bridgehead atoms. The van der Waals surface area contributed by atoms with Crippen molar-refractivity contribution in [2.75, 3.05) is 37.6 Å². The molecule has 2 aromatic rings. The summed E-state index contributed by atoms with van der Waals surface area (Å²) in [5, 5.41) is 0.650. The molecule has 0 spiro atoms. The highest BCUT2D eigenvalue weighted by Gasteiger charge is 2.40. The van der Waals surface area contributed by atoms with E-state index >= 15 is 0 Å². The number of carbonyl (C=O) groups is 2. The van der Waals surface area contributed by atoms with Crippen molar-refractivity contribution < 1.29 is 9.59 Å². The number of fused-ring (bicyclic) bond motifs is 1. The molecule has 0 N–H and O–H groups in total. The molecule has 2 aliphatic heterocycles. The van der Waals surface area contributed by atoms with Crippen molar-refractivity contribution in [1.29, 1.82) is 0 Å². The van der Waals surface area contributed by atoms with Crippen LogP contribution in [0.1, 0.15) is 35.4 Å². The molecule has 0 aromatic heterocycles. The normalized spacial score (nSPS) is 21.1. The third-order valence-electron chi connectivity index (χ3n) is 6.83. The summed E-state index contributed by atoms with van der Waals surface area (Å²) in [4.78, 5) is 32.6. The van der Waals surface area contributed by atoms with E-state index in [0.29, 0.717) is 31.2 Å². The number of halogens is 1. The van der Waals surface area contributed by atoms with Gasteiger partial charge in [-0.15, -0.1) is 0 Å². The van der Waals surface area contributed by atoms with Crippen molar-refractivity contribution in [2.24, 2.45) is 5.92 Å². The van der Waals surface area contributed by atoms with E-state index in [1.165, 1.54) is 11.3 Å². The highest BCUT2D eigenvalue weighted by atomic mass is 35.5. The third kappa shape index (κ3) is 4.03. The number of rotatable bonds is 3. The highest BCUT2D eigenvalue weighted by Crippen LogP contribution is 2.37. The minimum Gasteiger partial charge on any atom is -0.368 e. The van der Waals surface area contributed by atoms with Gasteiger partial charge < -0.3 is 14.7 Å². The number of anilines is 1. The van der Waals surface area contributed by atoms with Crippen LogP contribution in [0.5, 0.6) is 0 Å². The molecule has 2 heterocycles. The molecule has 2 fully saturated rings. The van der Waals surface area contributed by atoms with Gasteiger partial charge in [0.1, 0.15) is 0 Å². The SMILES string of the molecule is Cc1ccccc1N1CCN(C(=O)C2CN(C(=O)C3CC3)Cc3cc(Cl)ccc32)CC1. The summed E-state index contributed by atoms with van der Waals surface area (Å²) in [5.74, 6) is 0.150. The number of benzene rings is 2. The largest absolute Gasteiger partial charge is 0.368 e. The second-order valence-electron chi connectivity index (χ2n) is 8.99. The lowest BCUT2D eigenvalue weighted by Crippen LogP contribution is -2.52. The lowest BCUT2D eigenvalue weighted by atomic mass is 9.88. The molecule has 1 unspecified atom stereocenters. The summed E-state index contributed by atoms with van der Waals surface area (Å²) in [6.07, 6.45) is 1.94. The average molecular weight is 438 g/mol. The van der Waals surface area contributed by atoms with Crippen LogP contribution in [-0.4, -0.2) is 54.3 Å². The fraction of sp³-hybridized carbons (Fsp3) is 0.440. The van der Waals surface area contributed by atoms with E-state index in [9.17, 15) is 9.59 Å². The van der Waals surface area contributed by atoms with E-state index in [0.717, 1.165) is 37.1 Å². The van der Waals surface area contributed by atoms with Gasteiger partial charge in [-0.2, -0.15) is 0 Å². The number of para-hydroxylation sites is 1. The fourth-order valence-corrected chi connectivity index (χ4v) is 5.11. The zero-order chi connectivity index (χ0) is 21.5. The molecular weight excluding hydrogens is 410 g/mol. The second-order valence-corrected chi connectivity index (χ2v) is 9.42. The van der Waals surface area contributed by atoms with Gasteiger partial charge in [-0.05, 0) is 54.7 Å². The zero-order valence-electron chi connectivity index (χ0n) is 17.9. The molecule has 6 heteroatoms. The molecule has 162 valence electrons. The quantitative estimate of drug-likeness (QED) is 0.732. The molecule has 1 aliphatic carbocycles. The van der Waals surface area contributed by atoms with Gasteiger partial charge in [0.05, 0.1) is 5.92 Å². The van der Waals surface area contributed by atoms with Crippen LogP contribution < -0.4 is 4.90 Å². The van der Waals surface area contributed by atoms with Crippen LogP contribution in [0.25, 0.3) is 0 Å². The summed E-state index contributed by atoms with van der Waals surface area (Å²) in [7, 11) is 0. The number of hydrogen-bond acceptors (Lipinski definition) is 3. The van der Waals surface area contributed by atoms with Crippen LogP contribution in [0.4, 0.5) is 5.69 Å². The van der Waals surface area contributed by atoms with Crippen LogP contribution >= 0.6 is 11.6 Å². The first kappa shape index (κ1) is 20.4. The predicted octanol–water partition coefficient (Wildman–Crippen LogP) is 3.83.